The molecule has 3 nitrogen and oxygen atoms in total. The minimum Gasteiger partial charge on any atom is -0.481 e. The normalized spacial score (nSPS) is 11.2. The summed E-state index contributed by atoms with van der Waals surface area (Å²) in [5.74, 6) is -0.677. The van der Waals surface area contributed by atoms with Crippen molar-refractivity contribution in [2.75, 3.05) is 0 Å². The van der Waals surface area contributed by atoms with Gasteiger partial charge in [0.15, 0.2) is 0 Å². The third-order valence-corrected chi connectivity index (χ3v) is 3.59. The van der Waals surface area contributed by atoms with Crippen LogP contribution in [0.15, 0.2) is 61.0 Å². The standard InChI is InChI=1S/C18H30O2.C4H5N/c1-2-3-4-5-6-7-8-9-10-11-12-13-14-15-16-17-18(19)20;1-2-4-5-3-1/h5-10H,2-4,11-17H2,1H3,(H,19,20);1-5H. The van der Waals surface area contributed by atoms with Gasteiger partial charge in [0, 0.05) is 18.8 Å². The third-order valence-electron chi connectivity index (χ3n) is 3.59. The quantitative estimate of drug-likeness (QED) is 0.309. The van der Waals surface area contributed by atoms with Gasteiger partial charge in [0.2, 0.25) is 0 Å². The van der Waals surface area contributed by atoms with Gasteiger partial charge in [-0.1, -0.05) is 75.5 Å². The molecule has 0 unspecified atom stereocenters. The van der Waals surface area contributed by atoms with Crippen LogP contribution in [0.1, 0.15) is 71.1 Å². The second-order valence-corrected chi connectivity index (χ2v) is 5.97. The number of unbranched alkanes of at least 4 members (excludes halogenated alkanes) is 7. The number of carboxylic acids is 1. The maximum Gasteiger partial charge on any atom is 0.303 e. The molecule has 0 fully saturated rings. The van der Waals surface area contributed by atoms with E-state index in [0.717, 1.165) is 25.7 Å². The average molecular weight is 346 g/mol. The van der Waals surface area contributed by atoms with Crippen molar-refractivity contribution < 1.29 is 9.90 Å². The first kappa shape index (κ1) is 23.0. The molecule has 1 aromatic rings. The van der Waals surface area contributed by atoms with Crippen molar-refractivity contribution in [3.05, 3.63) is 61.0 Å². The fourth-order valence-electron chi connectivity index (χ4n) is 2.15. The first-order chi connectivity index (χ1) is 12.3. The van der Waals surface area contributed by atoms with E-state index >= 15 is 0 Å². The molecule has 3 heteroatoms. The van der Waals surface area contributed by atoms with E-state index in [9.17, 15) is 4.79 Å². The van der Waals surface area contributed by atoms with E-state index in [2.05, 4.69) is 48.4 Å². The number of H-pyrrole nitrogens is 1. The molecule has 1 rings (SSSR count). The highest BCUT2D eigenvalue weighted by Gasteiger charge is 1.95. The van der Waals surface area contributed by atoms with Gasteiger partial charge in [-0.2, -0.15) is 0 Å². The Labute approximate surface area is 153 Å². The monoisotopic (exact) mass is 345 g/mol. The first-order valence-electron chi connectivity index (χ1n) is 9.55. The number of aromatic amines is 1. The summed E-state index contributed by atoms with van der Waals surface area (Å²) in [6.07, 6.45) is 27.1. The largest absolute Gasteiger partial charge is 0.481 e. The van der Waals surface area contributed by atoms with Gasteiger partial charge in [0.05, 0.1) is 0 Å². The zero-order valence-electron chi connectivity index (χ0n) is 15.7. The van der Waals surface area contributed by atoms with E-state index in [4.69, 9.17) is 5.11 Å². The van der Waals surface area contributed by atoms with Gasteiger partial charge in [-0.15, -0.1) is 0 Å². The smallest absolute Gasteiger partial charge is 0.303 e. The number of aliphatic carboxylic acids is 1. The van der Waals surface area contributed by atoms with Gasteiger partial charge in [0.1, 0.15) is 0 Å². The second-order valence-electron chi connectivity index (χ2n) is 5.97. The van der Waals surface area contributed by atoms with Gasteiger partial charge in [-0.05, 0) is 37.8 Å². The molecule has 1 aromatic heterocycles. The maximum absolute atomic E-state index is 10.3. The molecular weight excluding hydrogens is 310 g/mol. The van der Waals surface area contributed by atoms with Crippen LogP contribution in [0, 0.1) is 0 Å². The Balaban J connectivity index is 0.000000972. The average Bonchev–Trinajstić information content (AvgIpc) is 3.18. The predicted molar refractivity (Wildman–Crippen MR) is 108 cm³/mol. The van der Waals surface area contributed by atoms with Crippen molar-refractivity contribution in [3.63, 3.8) is 0 Å². The van der Waals surface area contributed by atoms with Crippen LogP contribution in [0.5, 0.6) is 0 Å². The number of rotatable bonds is 13. The van der Waals surface area contributed by atoms with Gasteiger partial charge < -0.3 is 10.1 Å². The molecule has 1 heterocycles. The van der Waals surface area contributed by atoms with Gasteiger partial charge in [-0.25, -0.2) is 0 Å². The molecule has 2 N–H and O–H groups in total. The lowest BCUT2D eigenvalue weighted by Crippen LogP contribution is -1.93. The van der Waals surface area contributed by atoms with Crippen LogP contribution >= 0.6 is 0 Å². The lowest BCUT2D eigenvalue weighted by molar-refractivity contribution is -0.137. The summed E-state index contributed by atoms with van der Waals surface area (Å²) in [5.41, 5.74) is 0. The van der Waals surface area contributed by atoms with Crippen LogP contribution in [0.3, 0.4) is 0 Å². The highest BCUT2D eigenvalue weighted by atomic mass is 16.4. The summed E-state index contributed by atoms with van der Waals surface area (Å²) >= 11 is 0. The van der Waals surface area contributed by atoms with E-state index in [1.807, 2.05) is 24.5 Å². The summed E-state index contributed by atoms with van der Waals surface area (Å²) in [4.78, 5) is 13.2. The molecule has 0 aliphatic carbocycles. The molecule has 0 bridgehead atoms. The number of carbonyl (C=O) groups is 1. The van der Waals surface area contributed by atoms with E-state index in [0.29, 0.717) is 6.42 Å². The van der Waals surface area contributed by atoms with Crippen LogP contribution in [-0.4, -0.2) is 16.1 Å². The van der Waals surface area contributed by atoms with E-state index in [1.54, 1.807) is 0 Å². The summed E-state index contributed by atoms with van der Waals surface area (Å²) in [6.45, 7) is 2.21. The summed E-state index contributed by atoms with van der Waals surface area (Å²) in [5, 5.41) is 8.50. The maximum atomic E-state index is 10.3. The summed E-state index contributed by atoms with van der Waals surface area (Å²) in [6, 6.07) is 3.89. The fraction of sp³-hybridized carbons (Fsp3) is 0.500. The molecule has 0 saturated heterocycles. The second kappa shape index (κ2) is 20.0. The Bertz CT molecular complexity index is 441. The first-order valence-corrected chi connectivity index (χ1v) is 9.55. The van der Waals surface area contributed by atoms with Crippen molar-refractivity contribution in [1.82, 2.24) is 4.98 Å². The Morgan fingerprint density at radius 3 is 1.92 bits per heavy atom. The molecule has 0 saturated carbocycles. The predicted octanol–water partition coefficient (Wildman–Crippen LogP) is 6.68. The Hall–Kier alpha value is -2.03. The number of hydrogen-bond acceptors (Lipinski definition) is 1. The van der Waals surface area contributed by atoms with Crippen LogP contribution in [0.25, 0.3) is 0 Å². The molecule has 0 spiro atoms. The molecule has 0 aliphatic heterocycles. The van der Waals surface area contributed by atoms with E-state index in [-0.39, 0.29) is 0 Å². The Morgan fingerprint density at radius 1 is 0.840 bits per heavy atom. The zero-order chi connectivity index (χ0) is 18.4. The molecule has 0 aromatic carbocycles. The van der Waals surface area contributed by atoms with Crippen molar-refractivity contribution >= 4 is 5.97 Å². The highest BCUT2D eigenvalue weighted by molar-refractivity contribution is 5.66. The van der Waals surface area contributed by atoms with Crippen molar-refractivity contribution in [3.8, 4) is 0 Å². The minimum atomic E-state index is -0.677. The van der Waals surface area contributed by atoms with E-state index in [1.165, 1.54) is 32.1 Å². The van der Waals surface area contributed by atoms with Crippen LogP contribution in [0.4, 0.5) is 0 Å². The van der Waals surface area contributed by atoms with Gasteiger partial charge in [0.25, 0.3) is 0 Å². The van der Waals surface area contributed by atoms with Crippen molar-refractivity contribution in [2.45, 2.75) is 71.1 Å². The molecule has 140 valence electrons. The number of hydrogen-bond donors (Lipinski definition) is 2. The summed E-state index contributed by atoms with van der Waals surface area (Å²) < 4.78 is 0. The highest BCUT2D eigenvalue weighted by Crippen LogP contribution is 2.07. The van der Waals surface area contributed by atoms with Crippen molar-refractivity contribution in [2.24, 2.45) is 0 Å². The van der Waals surface area contributed by atoms with Gasteiger partial charge in [-0.3, -0.25) is 4.79 Å². The Kier molecular flexibility index (Phi) is 18.4. The number of allylic oxidation sites excluding steroid dienone is 6. The molecule has 0 radical (unpaired) electrons. The molecule has 0 atom stereocenters. The number of nitrogens with one attached hydrogen (secondary N) is 1. The lowest BCUT2D eigenvalue weighted by atomic mass is 10.1. The van der Waals surface area contributed by atoms with Crippen molar-refractivity contribution in [1.29, 1.82) is 0 Å². The lowest BCUT2D eigenvalue weighted by Gasteiger charge is -1.97. The van der Waals surface area contributed by atoms with Crippen LogP contribution in [0.2, 0.25) is 0 Å². The van der Waals surface area contributed by atoms with Gasteiger partial charge >= 0.3 is 5.97 Å². The number of aromatic nitrogens is 1. The van der Waals surface area contributed by atoms with E-state index < -0.39 is 5.97 Å². The fourth-order valence-corrected chi connectivity index (χ4v) is 2.15. The number of carboxylic acid groups (broad SMARTS) is 1. The summed E-state index contributed by atoms with van der Waals surface area (Å²) in [7, 11) is 0. The molecule has 0 aliphatic rings. The Morgan fingerprint density at radius 2 is 1.40 bits per heavy atom. The topological polar surface area (TPSA) is 53.1 Å². The molecule has 0 amide bonds. The molecular formula is C22H35NO2. The zero-order valence-corrected chi connectivity index (χ0v) is 15.7. The molecule has 25 heavy (non-hydrogen) atoms. The van der Waals surface area contributed by atoms with Crippen LogP contribution < -0.4 is 0 Å². The SMILES string of the molecule is CCCCC=CC=CC=CCCCCCCCC(=O)O.c1cc[nH]c1. The minimum absolute atomic E-state index is 0.316. The van der Waals surface area contributed by atoms with Crippen LogP contribution in [-0.2, 0) is 4.79 Å². The third kappa shape index (κ3) is 22.0.